The van der Waals surface area contributed by atoms with Crippen molar-refractivity contribution >= 4 is 5.82 Å². The van der Waals surface area contributed by atoms with Crippen molar-refractivity contribution in [2.24, 2.45) is 0 Å². The average Bonchev–Trinajstić information content (AvgIpc) is 2.71. The molecule has 0 bridgehead atoms. The molecule has 0 amide bonds. The Morgan fingerprint density at radius 2 is 2.00 bits per heavy atom. The lowest BCUT2D eigenvalue weighted by Crippen LogP contribution is -2.01. The molecule has 0 aliphatic carbocycles. The summed E-state index contributed by atoms with van der Waals surface area (Å²) in [4.78, 5) is 0. The fourth-order valence-corrected chi connectivity index (χ4v) is 1.69. The van der Waals surface area contributed by atoms with E-state index >= 15 is 0 Å². The number of nitrogens with two attached hydrogens (primary N) is 1. The number of nitrogens with zero attached hydrogens (tertiary/aromatic N) is 1. The van der Waals surface area contributed by atoms with E-state index in [2.05, 4.69) is 9.89 Å². The Balaban J connectivity index is 2.31. The molecule has 1 aromatic heterocycles. The van der Waals surface area contributed by atoms with Gasteiger partial charge >= 0.3 is 6.61 Å². The van der Waals surface area contributed by atoms with Crippen LogP contribution in [0.25, 0.3) is 11.1 Å². The zero-order valence-electron chi connectivity index (χ0n) is 9.69. The third-order valence-corrected chi connectivity index (χ3v) is 2.48. The van der Waals surface area contributed by atoms with E-state index < -0.39 is 6.61 Å². The van der Waals surface area contributed by atoms with Gasteiger partial charge in [-0.15, -0.1) is 0 Å². The molecule has 0 spiro atoms. The molecule has 0 atom stereocenters. The van der Waals surface area contributed by atoms with Crippen molar-refractivity contribution in [2.45, 2.75) is 20.0 Å². The normalized spacial score (nSPS) is 10.9. The van der Waals surface area contributed by atoms with E-state index in [9.17, 15) is 8.78 Å². The number of aryl methyl sites for hydroxylation is 1. The van der Waals surface area contributed by atoms with Gasteiger partial charge in [-0.3, -0.25) is 0 Å². The highest BCUT2D eigenvalue weighted by Crippen LogP contribution is 2.31. The number of hydrogen-bond donors (Lipinski definition) is 1. The summed E-state index contributed by atoms with van der Waals surface area (Å²) in [5.74, 6) is 1.05. The van der Waals surface area contributed by atoms with E-state index in [1.807, 2.05) is 6.92 Å². The molecule has 0 saturated heterocycles. The summed E-state index contributed by atoms with van der Waals surface area (Å²) in [6.45, 7) is -0.916. The lowest BCUT2D eigenvalue weighted by molar-refractivity contribution is -0.0498. The number of aromatic nitrogens is 1. The van der Waals surface area contributed by atoms with Crippen LogP contribution < -0.4 is 10.5 Å². The first-order valence-electron chi connectivity index (χ1n) is 5.41. The summed E-state index contributed by atoms with van der Waals surface area (Å²) < 4.78 is 33.4. The van der Waals surface area contributed by atoms with Crippen LogP contribution in [-0.4, -0.2) is 11.8 Å². The molecule has 2 N–H and O–H groups in total. The number of anilines is 1. The predicted octanol–water partition coefficient (Wildman–Crippen LogP) is 3.09. The van der Waals surface area contributed by atoms with Crippen LogP contribution in [0.5, 0.6) is 5.75 Å². The van der Waals surface area contributed by atoms with Crippen molar-refractivity contribution < 1.29 is 18.0 Å². The topological polar surface area (TPSA) is 61.3 Å². The molecule has 2 rings (SSSR count). The summed E-state index contributed by atoms with van der Waals surface area (Å²) in [6, 6.07) is 6.18. The first-order chi connectivity index (χ1) is 8.61. The monoisotopic (exact) mass is 254 g/mol. The summed E-state index contributed by atoms with van der Waals surface area (Å²) in [7, 11) is 0. The van der Waals surface area contributed by atoms with E-state index in [1.54, 1.807) is 12.1 Å². The van der Waals surface area contributed by atoms with Gasteiger partial charge in [-0.2, -0.15) is 8.78 Å². The second-order valence-electron chi connectivity index (χ2n) is 3.62. The molecule has 0 fully saturated rings. The average molecular weight is 254 g/mol. The molecule has 0 unspecified atom stereocenters. The van der Waals surface area contributed by atoms with Crippen molar-refractivity contribution in [3.63, 3.8) is 0 Å². The minimum Gasteiger partial charge on any atom is -0.435 e. The Hall–Kier alpha value is -2.11. The van der Waals surface area contributed by atoms with Crippen LogP contribution in [0.3, 0.4) is 0 Å². The smallest absolute Gasteiger partial charge is 0.387 e. The number of rotatable bonds is 4. The van der Waals surface area contributed by atoms with Gasteiger partial charge in [0.25, 0.3) is 0 Å². The van der Waals surface area contributed by atoms with Crippen molar-refractivity contribution in [1.82, 2.24) is 5.16 Å². The minimum atomic E-state index is -2.83. The molecule has 1 aromatic carbocycles. The van der Waals surface area contributed by atoms with Crippen molar-refractivity contribution in [3.05, 3.63) is 30.0 Å². The van der Waals surface area contributed by atoms with Gasteiger partial charge in [0, 0.05) is 6.42 Å². The Morgan fingerprint density at radius 3 is 2.56 bits per heavy atom. The highest BCUT2D eigenvalue weighted by molar-refractivity contribution is 5.75. The first kappa shape index (κ1) is 12.3. The van der Waals surface area contributed by atoms with Crippen molar-refractivity contribution in [1.29, 1.82) is 0 Å². The molecular weight excluding hydrogens is 242 g/mol. The van der Waals surface area contributed by atoms with E-state index in [-0.39, 0.29) is 11.6 Å². The zero-order valence-corrected chi connectivity index (χ0v) is 9.69. The number of alkyl halides is 2. The van der Waals surface area contributed by atoms with Crippen LogP contribution in [0.15, 0.2) is 28.8 Å². The first-order valence-corrected chi connectivity index (χ1v) is 5.41. The third-order valence-electron chi connectivity index (χ3n) is 2.48. The fraction of sp³-hybridized carbons (Fsp3) is 0.250. The quantitative estimate of drug-likeness (QED) is 0.910. The SMILES string of the molecule is CCc1onc(N)c1-c1ccc(OC(F)F)cc1. The number of hydrogen-bond acceptors (Lipinski definition) is 4. The third kappa shape index (κ3) is 2.42. The summed E-state index contributed by atoms with van der Waals surface area (Å²) in [5.41, 5.74) is 7.16. The number of ether oxygens (including phenoxy) is 1. The van der Waals surface area contributed by atoms with Crippen LogP contribution in [0.1, 0.15) is 12.7 Å². The second-order valence-corrected chi connectivity index (χ2v) is 3.62. The van der Waals surface area contributed by atoms with Crippen LogP contribution in [0.2, 0.25) is 0 Å². The van der Waals surface area contributed by atoms with Crippen molar-refractivity contribution in [3.8, 4) is 16.9 Å². The highest BCUT2D eigenvalue weighted by atomic mass is 19.3. The van der Waals surface area contributed by atoms with Gasteiger partial charge in [0.1, 0.15) is 11.5 Å². The highest BCUT2D eigenvalue weighted by Gasteiger charge is 2.14. The van der Waals surface area contributed by atoms with Crippen molar-refractivity contribution in [2.75, 3.05) is 5.73 Å². The van der Waals surface area contributed by atoms with Gasteiger partial charge in [-0.05, 0) is 17.7 Å². The second kappa shape index (κ2) is 5.03. The molecule has 0 radical (unpaired) electrons. The molecule has 96 valence electrons. The van der Waals surface area contributed by atoms with Crippen LogP contribution in [-0.2, 0) is 6.42 Å². The number of halogens is 2. The van der Waals surface area contributed by atoms with E-state index in [1.165, 1.54) is 12.1 Å². The largest absolute Gasteiger partial charge is 0.435 e. The maximum absolute atomic E-state index is 12.0. The lowest BCUT2D eigenvalue weighted by Gasteiger charge is -2.05. The Kier molecular flexibility index (Phi) is 3.45. The van der Waals surface area contributed by atoms with Gasteiger partial charge < -0.3 is 15.0 Å². The maximum atomic E-state index is 12.0. The molecule has 1 heterocycles. The minimum absolute atomic E-state index is 0.0989. The van der Waals surface area contributed by atoms with E-state index in [0.29, 0.717) is 17.7 Å². The van der Waals surface area contributed by atoms with E-state index in [4.69, 9.17) is 10.3 Å². The number of benzene rings is 1. The fourth-order valence-electron chi connectivity index (χ4n) is 1.69. The lowest BCUT2D eigenvalue weighted by atomic mass is 10.0. The molecule has 18 heavy (non-hydrogen) atoms. The molecule has 0 aliphatic rings. The molecule has 6 heteroatoms. The molecule has 0 saturated carbocycles. The van der Waals surface area contributed by atoms with Crippen LogP contribution in [0.4, 0.5) is 14.6 Å². The Labute approximate surface area is 102 Å². The van der Waals surface area contributed by atoms with Crippen LogP contribution in [0, 0.1) is 0 Å². The molecule has 2 aromatic rings. The predicted molar refractivity (Wildman–Crippen MR) is 62.4 cm³/mol. The van der Waals surface area contributed by atoms with Crippen LogP contribution >= 0.6 is 0 Å². The maximum Gasteiger partial charge on any atom is 0.387 e. The van der Waals surface area contributed by atoms with Gasteiger partial charge in [0.15, 0.2) is 5.82 Å². The summed E-state index contributed by atoms with van der Waals surface area (Å²) in [5, 5.41) is 3.69. The molecule has 0 aliphatic heterocycles. The standard InChI is InChI=1S/C12H12F2N2O2/c1-2-9-10(11(15)16-18-9)7-3-5-8(6-4-7)17-12(13)14/h3-6,12H,2H2,1H3,(H2,15,16). The Morgan fingerprint density at radius 1 is 1.33 bits per heavy atom. The number of nitrogen functional groups attached to an aromatic ring is 1. The summed E-state index contributed by atoms with van der Waals surface area (Å²) >= 11 is 0. The van der Waals surface area contributed by atoms with Gasteiger partial charge in [0.2, 0.25) is 0 Å². The summed E-state index contributed by atoms with van der Waals surface area (Å²) in [6.07, 6.45) is 0.648. The van der Waals surface area contributed by atoms with Gasteiger partial charge in [0.05, 0.1) is 5.56 Å². The van der Waals surface area contributed by atoms with Gasteiger partial charge in [-0.1, -0.05) is 24.2 Å². The molecular formula is C12H12F2N2O2. The molecule has 4 nitrogen and oxygen atoms in total. The Bertz CT molecular complexity index is 523. The van der Waals surface area contributed by atoms with E-state index in [0.717, 1.165) is 5.56 Å². The van der Waals surface area contributed by atoms with Gasteiger partial charge in [-0.25, -0.2) is 0 Å². The zero-order chi connectivity index (χ0) is 13.1.